The zero-order valence-electron chi connectivity index (χ0n) is 11.6. The smallest absolute Gasteiger partial charge is 0.0607 e. The van der Waals surface area contributed by atoms with E-state index in [1.54, 1.807) is 0 Å². The minimum Gasteiger partial charge on any atom is -0.377 e. The third kappa shape index (κ3) is 3.57. The van der Waals surface area contributed by atoms with Gasteiger partial charge in [0.2, 0.25) is 0 Å². The Labute approximate surface area is 123 Å². The van der Waals surface area contributed by atoms with Crippen LogP contribution in [0.2, 0.25) is 0 Å². The van der Waals surface area contributed by atoms with Crippen molar-refractivity contribution in [2.24, 2.45) is 0 Å². The molecule has 1 aromatic heterocycles. The minimum absolute atomic E-state index is 0.316. The van der Waals surface area contributed by atoms with E-state index >= 15 is 0 Å². The number of aromatic nitrogens is 1. The van der Waals surface area contributed by atoms with Crippen molar-refractivity contribution in [3.63, 3.8) is 0 Å². The van der Waals surface area contributed by atoms with Gasteiger partial charge in [0, 0.05) is 10.2 Å². The Hall–Kier alpha value is -1.35. The van der Waals surface area contributed by atoms with Crippen LogP contribution < -0.4 is 5.32 Å². The molecule has 0 aliphatic heterocycles. The largest absolute Gasteiger partial charge is 0.377 e. The topological polar surface area (TPSA) is 24.9 Å². The molecule has 0 aliphatic carbocycles. The van der Waals surface area contributed by atoms with Gasteiger partial charge in [-0.25, -0.2) is 0 Å². The lowest BCUT2D eigenvalue weighted by Crippen LogP contribution is -2.11. The van der Waals surface area contributed by atoms with E-state index in [4.69, 9.17) is 0 Å². The number of hydrogen-bond acceptors (Lipinski definition) is 2. The van der Waals surface area contributed by atoms with Crippen LogP contribution in [0.5, 0.6) is 0 Å². The summed E-state index contributed by atoms with van der Waals surface area (Å²) in [4.78, 5) is 4.50. The van der Waals surface area contributed by atoms with Crippen LogP contribution in [-0.4, -0.2) is 4.98 Å². The quantitative estimate of drug-likeness (QED) is 0.855. The second-order valence-electron chi connectivity index (χ2n) is 4.74. The summed E-state index contributed by atoms with van der Waals surface area (Å²) in [5.74, 6) is 0. The van der Waals surface area contributed by atoms with Gasteiger partial charge in [0.25, 0.3) is 0 Å². The average molecular weight is 319 g/mol. The van der Waals surface area contributed by atoms with Crippen molar-refractivity contribution in [2.45, 2.75) is 33.2 Å². The third-order valence-electron chi connectivity index (χ3n) is 3.24. The summed E-state index contributed by atoms with van der Waals surface area (Å²) in [6.45, 7) is 6.25. The maximum Gasteiger partial charge on any atom is 0.0607 e. The summed E-state index contributed by atoms with van der Waals surface area (Å²) in [5.41, 5.74) is 4.52. The van der Waals surface area contributed by atoms with Crippen molar-refractivity contribution in [2.75, 3.05) is 5.32 Å². The number of anilines is 1. The van der Waals surface area contributed by atoms with Gasteiger partial charge in [-0.15, -0.1) is 0 Å². The Morgan fingerprint density at radius 1 is 1.11 bits per heavy atom. The van der Waals surface area contributed by atoms with E-state index in [0.29, 0.717) is 6.04 Å². The highest BCUT2D eigenvalue weighted by Gasteiger charge is 2.10. The van der Waals surface area contributed by atoms with E-state index in [1.807, 2.05) is 19.9 Å². The molecule has 1 aromatic carbocycles. The van der Waals surface area contributed by atoms with Gasteiger partial charge in [-0.05, 0) is 50.1 Å². The summed E-state index contributed by atoms with van der Waals surface area (Å²) in [6, 6.07) is 12.9. The summed E-state index contributed by atoms with van der Waals surface area (Å²) in [6.07, 6.45) is 1.04. The minimum atomic E-state index is 0.316. The number of aryl methyl sites for hydroxylation is 2. The van der Waals surface area contributed by atoms with Gasteiger partial charge in [-0.3, -0.25) is 4.98 Å². The Kier molecular flexibility index (Phi) is 4.59. The van der Waals surface area contributed by atoms with Gasteiger partial charge in [0.15, 0.2) is 0 Å². The maximum atomic E-state index is 4.50. The zero-order valence-corrected chi connectivity index (χ0v) is 13.2. The van der Waals surface area contributed by atoms with E-state index in [2.05, 4.69) is 63.5 Å². The number of halogens is 1. The monoisotopic (exact) mass is 318 g/mol. The molecule has 0 saturated heterocycles. The molecule has 0 saturated carbocycles. The Morgan fingerprint density at radius 2 is 1.79 bits per heavy atom. The molecular weight excluding hydrogens is 300 g/mol. The molecule has 19 heavy (non-hydrogen) atoms. The molecule has 1 heterocycles. The molecule has 3 heteroatoms. The Bertz CT molecular complexity index is 549. The van der Waals surface area contributed by atoms with Crippen molar-refractivity contribution in [1.29, 1.82) is 0 Å². The normalized spacial score (nSPS) is 12.2. The van der Waals surface area contributed by atoms with E-state index in [-0.39, 0.29) is 0 Å². The van der Waals surface area contributed by atoms with Crippen LogP contribution in [0.4, 0.5) is 5.69 Å². The lowest BCUT2D eigenvalue weighted by atomic mass is 10.0. The van der Waals surface area contributed by atoms with Crippen LogP contribution in [0.15, 0.2) is 40.9 Å². The number of hydrogen-bond donors (Lipinski definition) is 1. The number of nitrogens with zero attached hydrogens (tertiary/aromatic N) is 1. The fourth-order valence-electron chi connectivity index (χ4n) is 2.14. The first-order valence-electron chi connectivity index (χ1n) is 6.56. The molecular formula is C16H19BrN2. The lowest BCUT2D eigenvalue weighted by molar-refractivity contribution is 0.747. The Morgan fingerprint density at radius 3 is 2.37 bits per heavy atom. The highest BCUT2D eigenvalue weighted by molar-refractivity contribution is 9.10. The van der Waals surface area contributed by atoms with Gasteiger partial charge in [0.05, 0.1) is 17.4 Å². The summed E-state index contributed by atoms with van der Waals surface area (Å²) >= 11 is 3.47. The van der Waals surface area contributed by atoms with Crippen LogP contribution in [0.1, 0.15) is 36.3 Å². The first-order valence-corrected chi connectivity index (χ1v) is 7.35. The Balaban J connectivity index is 2.21. The van der Waals surface area contributed by atoms with Crippen molar-refractivity contribution in [1.82, 2.24) is 4.98 Å². The van der Waals surface area contributed by atoms with Crippen LogP contribution in [0.25, 0.3) is 0 Å². The second kappa shape index (κ2) is 6.20. The first kappa shape index (κ1) is 14.1. The average Bonchev–Trinajstić information content (AvgIpc) is 2.39. The van der Waals surface area contributed by atoms with Crippen molar-refractivity contribution in [3.05, 3.63) is 57.8 Å². The summed E-state index contributed by atoms with van der Waals surface area (Å²) < 4.78 is 1.11. The highest BCUT2D eigenvalue weighted by atomic mass is 79.9. The van der Waals surface area contributed by atoms with Crippen LogP contribution in [-0.2, 0) is 0 Å². The summed E-state index contributed by atoms with van der Waals surface area (Å²) in [7, 11) is 0. The molecule has 1 unspecified atom stereocenters. The van der Waals surface area contributed by atoms with E-state index < -0.39 is 0 Å². The first-order chi connectivity index (χ1) is 9.10. The zero-order chi connectivity index (χ0) is 13.8. The third-order valence-corrected chi connectivity index (χ3v) is 3.76. The molecule has 0 aliphatic rings. The molecule has 2 nitrogen and oxygen atoms in total. The van der Waals surface area contributed by atoms with E-state index in [1.165, 1.54) is 5.56 Å². The van der Waals surface area contributed by atoms with Crippen molar-refractivity contribution >= 4 is 21.6 Å². The molecule has 1 atom stereocenters. The van der Waals surface area contributed by atoms with Gasteiger partial charge in [0.1, 0.15) is 0 Å². The predicted molar refractivity (Wildman–Crippen MR) is 84.5 cm³/mol. The molecule has 100 valence electrons. The number of rotatable bonds is 4. The van der Waals surface area contributed by atoms with Crippen molar-refractivity contribution < 1.29 is 0 Å². The maximum absolute atomic E-state index is 4.50. The highest BCUT2D eigenvalue weighted by Crippen LogP contribution is 2.25. The SMILES string of the molecule is CCC(Nc1ccc(C)nc1C)c1ccc(Br)cc1. The van der Waals surface area contributed by atoms with Crippen LogP contribution in [0.3, 0.4) is 0 Å². The fourth-order valence-corrected chi connectivity index (χ4v) is 2.41. The number of benzene rings is 1. The lowest BCUT2D eigenvalue weighted by Gasteiger charge is -2.20. The van der Waals surface area contributed by atoms with Crippen LogP contribution >= 0.6 is 15.9 Å². The summed E-state index contributed by atoms with van der Waals surface area (Å²) in [5, 5.41) is 3.58. The molecule has 2 aromatic rings. The van der Waals surface area contributed by atoms with Crippen LogP contribution in [0, 0.1) is 13.8 Å². The molecule has 0 fully saturated rings. The molecule has 0 bridgehead atoms. The van der Waals surface area contributed by atoms with Gasteiger partial charge in [-0.1, -0.05) is 35.0 Å². The second-order valence-corrected chi connectivity index (χ2v) is 5.66. The van der Waals surface area contributed by atoms with E-state index in [9.17, 15) is 0 Å². The van der Waals surface area contributed by atoms with E-state index in [0.717, 1.165) is 28.0 Å². The molecule has 0 spiro atoms. The molecule has 1 N–H and O–H groups in total. The number of nitrogens with one attached hydrogen (secondary N) is 1. The van der Waals surface area contributed by atoms with Gasteiger partial charge < -0.3 is 5.32 Å². The fraction of sp³-hybridized carbons (Fsp3) is 0.312. The molecule has 0 radical (unpaired) electrons. The van der Waals surface area contributed by atoms with Gasteiger partial charge >= 0.3 is 0 Å². The van der Waals surface area contributed by atoms with Gasteiger partial charge in [-0.2, -0.15) is 0 Å². The predicted octanol–water partition coefficient (Wildman–Crippen LogP) is 5.02. The van der Waals surface area contributed by atoms with Crippen molar-refractivity contribution in [3.8, 4) is 0 Å². The molecule has 0 amide bonds. The standard InChI is InChI=1S/C16H19BrN2/c1-4-15(13-6-8-14(17)9-7-13)19-16-10-5-11(2)18-12(16)3/h5-10,15,19H,4H2,1-3H3. The number of pyridine rings is 1. The molecule has 2 rings (SSSR count).